The van der Waals surface area contributed by atoms with E-state index >= 15 is 0 Å². The predicted octanol–water partition coefficient (Wildman–Crippen LogP) is 0.577. The summed E-state index contributed by atoms with van der Waals surface area (Å²) < 4.78 is 14.9. The monoisotopic (exact) mass is 343 g/mol. The minimum Gasteiger partial charge on any atom is -0.465 e. The number of hydrogen-bond acceptors (Lipinski definition) is 7. The van der Waals surface area contributed by atoms with Crippen LogP contribution in [0.25, 0.3) is 0 Å². The SMILES string of the molecule is CCC[C@H]1[C@@H](C(=O)OCC)C(=O)NC1(C(=O)OCC)C(=O)OCC. The lowest BCUT2D eigenvalue weighted by Crippen LogP contribution is -2.61. The Morgan fingerprint density at radius 2 is 1.46 bits per heavy atom. The summed E-state index contributed by atoms with van der Waals surface area (Å²) in [7, 11) is 0. The molecule has 0 spiro atoms. The van der Waals surface area contributed by atoms with Crippen LogP contribution in [0, 0.1) is 11.8 Å². The zero-order valence-corrected chi connectivity index (χ0v) is 14.5. The van der Waals surface area contributed by atoms with E-state index in [1.807, 2.05) is 6.92 Å². The summed E-state index contributed by atoms with van der Waals surface area (Å²) in [6.07, 6.45) is 0.829. The Hall–Kier alpha value is -2.12. The average molecular weight is 343 g/mol. The summed E-state index contributed by atoms with van der Waals surface area (Å²) in [5.41, 5.74) is -2.02. The van der Waals surface area contributed by atoms with E-state index in [0.29, 0.717) is 6.42 Å². The third-order valence-electron chi connectivity index (χ3n) is 3.90. The van der Waals surface area contributed by atoms with Gasteiger partial charge < -0.3 is 19.5 Å². The molecule has 24 heavy (non-hydrogen) atoms. The van der Waals surface area contributed by atoms with Crippen LogP contribution in [0.5, 0.6) is 0 Å². The highest BCUT2D eigenvalue weighted by atomic mass is 16.6. The number of amides is 1. The molecule has 1 rings (SSSR count). The second kappa shape index (κ2) is 8.65. The van der Waals surface area contributed by atoms with E-state index in [4.69, 9.17) is 14.2 Å². The largest absolute Gasteiger partial charge is 0.465 e. The maximum absolute atomic E-state index is 12.6. The number of esters is 3. The normalized spacial score (nSPS) is 21.8. The van der Waals surface area contributed by atoms with Crippen LogP contribution in [0.15, 0.2) is 0 Å². The van der Waals surface area contributed by atoms with Crippen LogP contribution in [0.4, 0.5) is 0 Å². The fourth-order valence-corrected chi connectivity index (χ4v) is 2.97. The lowest BCUT2D eigenvalue weighted by molar-refractivity contribution is -0.169. The van der Waals surface area contributed by atoms with Crippen molar-refractivity contribution in [1.82, 2.24) is 5.32 Å². The van der Waals surface area contributed by atoms with Crippen molar-refractivity contribution >= 4 is 23.8 Å². The molecule has 0 radical (unpaired) electrons. The fourth-order valence-electron chi connectivity index (χ4n) is 2.97. The van der Waals surface area contributed by atoms with Gasteiger partial charge in [-0.1, -0.05) is 13.3 Å². The molecule has 8 nitrogen and oxygen atoms in total. The maximum Gasteiger partial charge on any atom is 0.344 e. The Morgan fingerprint density at radius 1 is 0.958 bits per heavy atom. The quantitative estimate of drug-likeness (QED) is 0.390. The Kier molecular flexibility index (Phi) is 7.18. The van der Waals surface area contributed by atoms with Gasteiger partial charge >= 0.3 is 17.9 Å². The van der Waals surface area contributed by atoms with E-state index in [0.717, 1.165) is 0 Å². The molecule has 1 heterocycles. The van der Waals surface area contributed by atoms with Crippen molar-refractivity contribution in [2.45, 2.75) is 46.1 Å². The van der Waals surface area contributed by atoms with Crippen molar-refractivity contribution in [3.8, 4) is 0 Å². The van der Waals surface area contributed by atoms with Crippen LogP contribution in [0.2, 0.25) is 0 Å². The van der Waals surface area contributed by atoms with Gasteiger partial charge in [0.1, 0.15) is 5.92 Å². The fraction of sp³-hybridized carbons (Fsp3) is 0.750. The van der Waals surface area contributed by atoms with Gasteiger partial charge in [-0.15, -0.1) is 0 Å². The highest BCUT2D eigenvalue weighted by Gasteiger charge is 2.66. The minimum absolute atomic E-state index is 0.0266. The topological polar surface area (TPSA) is 108 Å². The Morgan fingerprint density at radius 3 is 1.88 bits per heavy atom. The van der Waals surface area contributed by atoms with Crippen LogP contribution in [-0.4, -0.2) is 49.2 Å². The van der Waals surface area contributed by atoms with Crippen molar-refractivity contribution in [3.05, 3.63) is 0 Å². The molecule has 1 aliphatic heterocycles. The van der Waals surface area contributed by atoms with Crippen LogP contribution in [0.3, 0.4) is 0 Å². The van der Waals surface area contributed by atoms with E-state index in [9.17, 15) is 19.2 Å². The zero-order valence-electron chi connectivity index (χ0n) is 14.5. The zero-order chi connectivity index (χ0) is 18.3. The molecular formula is C16H25NO7. The summed E-state index contributed by atoms with van der Waals surface area (Å²) in [6.45, 7) is 6.76. The third-order valence-corrected chi connectivity index (χ3v) is 3.90. The van der Waals surface area contributed by atoms with Gasteiger partial charge in [0.05, 0.1) is 19.8 Å². The summed E-state index contributed by atoms with van der Waals surface area (Å²) >= 11 is 0. The number of carbonyl (C=O) groups is 4. The van der Waals surface area contributed by atoms with Crippen molar-refractivity contribution in [1.29, 1.82) is 0 Å². The molecule has 8 heteroatoms. The Bertz CT molecular complexity index is 485. The molecule has 1 aliphatic rings. The van der Waals surface area contributed by atoms with Crippen LogP contribution in [0.1, 0.15) is 40.5 Å². The molecule has 1 saturated heterocycles. The molecule has 136 valence electrons. The van der Waals surface area contributed by atoms with Crippen LogP contribution >= 0.6 is 0 Å². The third kappa shape index (κ3) is 3.52. The number of ether oxygens (including phenoxy) is 3. The molecule has 0 bridgehead atoms. The second-order valence-electron chi connectivity index (χ2n) is 5.36. The van der Waals surface area contributed by atoms with Gasteiger partial charge in [-0.2, -0.15) is 0 Å². The second-order valence-corrected chi connectivity index (χ2v) is 5.36. The van der Waals surface area contributed by atoms with Crippen molar-refractivity contribution in [3.63, 3.8) is 0 Å². The number of carbonyl (C=O) groups excluding carboxylic acids is 4. The Labute approximate surface area is 141 Å². The molecule has 0 unspecified atom stereocenters. The van der Waals surface area contributed by atoms with E-state index in [2.05, 4.69) is 5.32 Å². The first-order chi connectivity index (χ1) is 11.4. The molecular weight excluding hydrogens is 318 g/mol. The lowest BCUT2D eigenvalue weighted by Gasteiger charge is -2.31. The van der Waals surface area contributed by atoms with E-state index in [1.165, 1.54) is 0 Å². The van der Waals surface area contributed by atoms with Crippen LogP contribution in [-0.2, 0) is 33.4 Å². The number of hydrogen-bond donors (Lipinski definition) is 1. The minimum atomic E-state index is -2.02. The standard InChI is InChI=1S/C16H25NO7/c1-5-9-10-11(13(19)22-6-2)12(18)17-16(10,14(20)23-7-3)15(21)24-8-4/h10-11H,5-9H2,1-4H3,(H,17,18)/t10-,11+/m0/s1. The van der Waals surface area contributed by atoms with Gasteiger partial charge in [-0.05, 0) is 27.2 Å². The molecule has 0 aromatic rings. The van der Waals surface area contributed by atoms with Gasteiger partial charge in [-0.25, -0.2) is 9.59 Å². The van der Waals surface area contributed by atoms with E-state index < -0.39 is 41.2 Å². The van der Waals surface area contributed by atoms with E-state index in [1.54, 1.807) is 20.8 Å². The Balaban J connectivity index is 3.38. The van der Waals surface area contributed by atoms with Gasteiger partial charge in [0.15, 0.2) is 0 Å². The maximum atomic E-state index is 12.6. The number of rotatable bonds is 8. The summed E-state index contributed by atoms with van der Waals surface area (Å²) in [6, 6.07) is 0. The van der Waals surface area contributed by atoms with Crippen molar-refractivity contribution in [2.75, 3.05) is 19.8 Å². The molecule has 0 aromatic heterocycles. The molecule has 1 fully saturated rings. The van der Waals surface area contributed by atoms with Crippen LogP contribution < -0.4 is 5.32 Å². The van der Waals surface area contributed by atoms with E-state index in [-0.39, 0.29) is 26.2 Å². The smallest absolute Gasteiger partial charge is 0.344 e. The van der Waals surface area contributed by atoms with Gasteiger partial charge in [0, 0.05) is 5.92 Å². The summed E-state index contributed by atoms with van der Waals surface area (Å²) in [5.74, 6) is -5.49. The van der Waals surface area contributed by atoms with Crippen molar-refractivity contribution in [2.24, 2.45) is 11.8 Å². The average Bonchev–Trinajstić information content (AvgIpc) is 2.82. The van der Waals surface area contributed by atoms with Gasteiger partial charge in [0.2, 0.25) is 11.4 Å². The highest BCUT2D eigenvalue weighted by molar-refractivity contribution is 6.14. The molecule has 2 atom stereocenters. The molecule has 0 saturated carbocycles. The molecule has 0 aliphatic carbocycles. The van der Waals surface area contributed by atoms with Gasteiger partial charge in [0.25, 0.3) is 0 Å². The lowest BCUT2D eigenvalue weighted by atomic mass is 9.77. The number of nitrogens with one attached hydrogen (secondary N) is 1. The predicted molar refractivity (Wildman–Crippen MR) is 82.7 cm³/mol. The van der Waals surface area contributed by atoms with Gasteiger partial charge in [-0.3, -0.25) is 9.59 Å². The molecule has 1 amide bonds. The summed E-state index contributed by atoms with van der Waals surface area (Å²) in [5, 5.41) is 2.37. The first-order valence-corrected chi connectivity index (χ1v) is 8.23. The van der Waals surface area contributed by atoms with Crippen molar-refractivity contribution < 1.29 is 33.4 Å². The molecule has 0 aromatic carbocycles. The summed E-state index contributed by atoms with van der Waals surface area (Å²) in [4.78, 5) is 49.7. The first kappa shape index (κ1) is 19.9. The highest BCUT2D eigenvalue weighted by Crippen LogP contribution is 2.39. The molecule has 1 N–H and O–H groups in total. The first-order valence-electron chi connectivity index (χ1n) is 8.23.